The van der Waals surface area contributed by atoms with Gasteiger partial charge in [-0.25, -0.2) is 4.79 Å². The molecule has 15 heavy (non-hydrogen) atoms. The van der Waals surface area contributed by atoms with Crippen LogP contribution in [0.3, 0.4) is 0 Å². The summed E-state index contributed by atoms with van der Waals surface area (Å²) < 4.78 is 9.41. The summed E-state index contributed by atoms with van der Waals surface area (Å²) in [7, 11) is 1.28. The molecule has 1 rings (SSSR count). The normalized spacial score (nSPS) is 11.6. The molecule has 0 spiro atoms. The molecule has 0 heterocycles. The Labute approximate surface area is 89.3 Å². The number of methoxy groups -OCH3 is 1. The molecule has 0 aliphatic heterocycles. The number of carbonyl (C=O) groups excluding carboxylic acids is 1. The van der Waals surface area contributed by atoms with Crippen molar-refractivity contribution in [2.75, 3.05) is 7.11 Å². The molecule has 0 amide bonds. The average Bonchev–Trinajstić information content (AvgIpc) is 2.27. The molecule has 3 nitrogen and oxygen atoms in total. The van der Waals surface area contributed by atoms with E-state index in [1.165, 1.54) is 7.11 Å². The van der Waals surface area contributed by atoms with E-state index in [4.69, 9.17) is 4.74 Å². The predicted octanol–water partition coefficient (Wildman–Crippen LogP) is 3.01. The van der Waals surface area contributed by atoms with Crippen LogP contribution in [0.15, 0.2) is 36.9 Å². The van der Waals surface area contributed by atoms with E-state index in [2.05, 4.69) is 11.3 Å². The number of hydrogen-bond acceptors (Lipinski definition) is 3. The van der Waals surface area contributed by atoms with Gasteiger partial charge in [0.15, 0.2) is 0 Å². The highest BCUT2D eigenvalue weighted by Gasteiger charge is 2.12. The summed E-state index contributed by atoms with van der Waals surface area (Å²) in [6.45, 7) is 5.61. The van der Waals surface area contributed by atoms with Crippen molar-refractivity contribution in [1.82, 2.24) is 0 Å². The second-order valence-electron chi connectivity index (χ2n) is 3.14. The maximum absolute atomic E-state index is 10.9. The van der Waals surface area contributed by atoms with Gasteiger partial charge in [-0.1, -0.05) is 36.4 Å². The van der Waals surface area contributed by atoms with E-state index in [1.807, 2.05) is 31.2 Å². The minimum atomic E-state index is -0.708. The van der Waals surface area contributed by atoms with Crippen LogP contribution >= 0.6 is 0 Å². The van der Waals surface area contributed by atoms with Crippen LogP contribution in [0.5, 0.6) is 0 Å². The first-order valence-electron chi connectivity index (χ1n) is 4.61. The maximum Gasteiger partial charge on any atom is 0.508 e. The number of ether oxygens (including phenoxy) is 2. The molecule has 1 aromatic carbocycles. The highest BCUT2D eigenvalue weighted by molar-refractivity contribution is 5.60. The zero-order chi connectivity index (χ0) is 11.3. The van der Waals surface area contributed by atoms with Crippen molar-refractivity contribution in [1.29, 1.82) is 0 Å². The molecule has 1 atom stereocenters. The van der Waals surface area contributed by atoms with E-state index in [1.54, 1.807) is 6.08 Å². The van der Waals surface area contributed by atoms with Crippen LogP contribution in [0, 0.1) is 6.92 Å². The van der Waals surface area contributed by atoms with Gasteiger partial charge in [0, 0.05) is 0 Å². The molecule has 0 aliphatic carbocycles. The summed E-state index contributed by atoms with van der Waals surface area (Å²) in [4.78, 5) is 10.9. The second kappa shape index (κ2) is 5.20. The summed E-state index contributed by atoms with van der Waals surface area (Å²) in [5.41, 5.74) is 2.03. The minimum absolute atomic E-state index is 0.460. The van der Waals surface area contributed by atoms with E-state index >= 15 is 0 Å². The first-order valence-corrected chi connectivity index (χ1v) is 4.61. The lowest BCUT2D eigenvalue weighted by molar-refractivity contribution is 0.0523. The molecule has 0 N–H and O–H groups in total. The Hall–Kier alpha value is -1.77. The van der Waals surface area contributed by atoms with Gasteiger partial charge in [0.1, 0.15) is 6.10 Å². The molecular formula is C12H14O3. The molecule has 0 aliphatic rings. The molecule has 80 valence electrons. The fourth-order valence-corrected chi connectivity index (χ4v) is 1.16. The summed E-state index contributed by atoms with van der Waals surface area (Å²) in [6.07, 6.45) is 0.389. The Morgan fingerprint density at radius 2 is 2.00 bits per heavy atom. The molecule has 0 radical (unpaired) electrons. The fraction of sp³-hybridized carbons (Fsp3) is 0.250. The predicted molar refractivity (Wildman–Crippen MR) is 57.6 cm³/mol. The Kier molecular flexibility index (Phi) is 3.92. The topological polar surface area (TPSA) is 35.5 Å². The van der Waals surface area contributed by atoms with Crippen molar-refractivity contribution in [2.45, 2.75) is 13.0 Å². The van der Waals surface area contributed by atoms with Crippen molar-refractivity contribution < 1.29 is 14.3 Å². The van der Waals surface area contributed by atoms with E-state index < -0.39 is 12.3 Å². The SMILES string of the molecule is C=C[C@H](OC(=O)OC)c1ccc(C)cc1. The van der Waals surface area contributed by atoms with Crippen molar-refractivity contribution in [3.8, 4) is 0 Å². The number of benzene rings is 1. The first-order chi connectivity index (χ1) is 7.17. The monoisotopic (exact) mass is 206 g/mol. The number of aryl methyl sites for hydroxylation is 1. The standard InChI is InChI=1S/C12H14O3/c1-4-11(15-12(13)14-3)10-7-5-9(2)6-8-10/h4-8,11H,1H2,2-3H3/t11-/m0/s1. The largest absolute Gasteiger partial charge is 0.508 e. The Balaban J connectivity index is 2.78. The molecular weight excluding hydrogens is 192 g/mol. The van der Waals surface area contributed by atoms with Gasteiger partial charge < -0.3 is 9.47 Å². The number of hydrogen-bond donors (Lipinski definition) is 0. The summed E-state index contributed by atoms with van der Waals surface area (Å²) >= 11 is 0. The average molecular weight is 206 g/mol. The second-order valence-corrected chi connectivity index (χ2v) is 3.14. The van der Waals surface area contributed by atoms with Gasteiger partial charge in [-0.05, 0) is 18.6 Å². The Morgan fingerprint density at radius 3 is 2.47 bits per heavy atom. The molecule has 1 aromatic rings. The summed E-state index contributed by atoms with van der Waals surface area (Å²) in [5.74, 6) is 0. The minimum Gasteiger partial charge on any atom is -0.438 e. The Bertz CT molecular complexity index is 340. The third-order valence-corrected chi connectivity index (χ3v) is 2.01. The lowest BCUT2D eigenvalue weighted by Crippen LogP contribution is -2.09. The Morgan fingerprint density at radius 1 is 1.40 bits per heavy atom. The van der Waals surface area contributed by atoms with Gasteiger partial charge in [0.25, 0.3) is 0 Å². The van der Waals surface area contributed by atoms with Crippen LogP contribution in [-0.2, 0) is 9.47 Å². The fourth-order valence-electron chi connectivity index (χ4n) is 1.16. The van der Waals surface area contributed by atoms with Crippen LogP contribution in [0.25, 0.3) is 0 Å². The van der Waals surface area contributed by atoms with Crippen molar-refractivity contribution in [3.05, 3.63) is 48.0 Å². The maximum atomic E-state index is 10.9. The van der Waals surface area contributed by atoms with Gasteiger partial charge in [0.05, 0.1) is 7.11 Å². The van der Waals surface area contributed by atoms with Gasteiger partial charge in [0.2, 0.25) is 0 Å². The van der Waals surface area contributed by atoms with Crippen LogP contribution in [0.2, 0.25) is 0 Å². The van der Waals surface area contributed by atoms with E-state index in [-0.39, 0.29) is 0 Å². The molecule has 0 fully saturated rings. The van der Waals surface area contributed by atoms with Gasteiger partial charge in [-0.15, -0.1) is 0 Å². The van der Waals surface area contributed by atoms with Crippen molar-refractivity contribution in [3.63, 3.8) is 0 Å². The van der Waals surface area contributed by atoms with Gasteiger partial charge in [-0.2, -0.15) is 0 Å². The zero-order valence-corrected chi connectivity index (χ0v) is 8.90. The molecule has 0 unspecified atom stereocenters. The van der Waals surface area contributed by atoms with Crippen LogP contribution in [-0.4, -0.2) is 13.3 Å². The lowest BCUT2D eigenvalue weighted by atomic mass is 10.1. The van der Waals surface area contributed by atoms with E-state index in [0.29, 0.717) is 0 Å². The summed E-state index contributed by atoms with van der Waals surface area (Å²) in [5, 5.41) is 0. The number of rotatable bonds is 3. The van der Waals surface area contributed by atoms with Crippen molar-refractivity contribution in [2.24, 2.45) is 0 Å². The van der Waals surface area contributed by atoms with E-state index in [0.717, 1.165) is 11.1 Å². The van der Waals surface area contributed by atoms with Crippen LogP contribution in [0.1, 0.15) is 17.2 Å². The molecule has 0 bridgehead atoms. The lowest BCUT2D eigenvalue weighted by Gasteiger charge is -2.13. The van der Waals surface area contributed by atoms with Crippen molar-refractivity contribution >= 4 is 6.16 Å². The third kappa shape index (κ3) is 3.13. The van der Waals surface area contributed by atoms with Gasteiger partial charge >= 0.3 is 6.16 Å². The molecule has 0 aromatic heterocycles. The quantitative estimate of drug-likeness (QED) is 0.563. The number of carbonyl (C=O) groups is 1. The first kappa shape index (κ1) is 11.3. The summed E-state index contributed by atoms with van der Waals surface area (Å²) in [6, 6.07) is 7.69. The van der Waals surface area contributed by atoms with Gasteiger partial charge in [-0.3, -0.25) is 0 Å². The molecule has 0 saturated heterocycles. The zero-order valence-electron chi connectivity index (χ0n) is 8.90. The smallest absolute Gasteiger partial charge is 0.438 e. The van der Waals surface area contributed by atoms with Crippen LogP contribution < -0.4 is 0 Å². The molecule has 0 saturated carbocycles. The highest BCUT2D eigenvalue weighted by atomic mass is 16.7. The third-order valence-electron chi connectivity index (χ3n) is 2.01. The highest BCUT2D eigenvalue weighted by Crippen LogP contribution is 2.19. The van der Waals surface area contributed by atoms with Crippen LogP contribution in [0.4, 0.5) is 4.79 Å². The molecule has 3 heteroatoms. The van der Waals surface area contributed by atoms with E-state index in [9.17, 15) is 4.79 Å².